The third-order valence-electron chi connectivity index (χ3n) is 5.04. The third-order valence-corrected chi connectivity index (χ3v) is 6.75. The largest absolute Gasteiger partial charge is 0.329 e. The lowest BCUT2D eigenvalue weighted by atomic mass is 9.85. The maximum atomic E-state index is 12.1. The first-order valence-electron chi connectivity index (χ1n) is 7.43. The van der Waals surface area contributed by atoms with Gasteiger partial charge in [-0.2, -0.15) is 0 Å². The molecule has 112 valence electrons. The molecule has 4 unspecified atom stereocenters. The summed E-state index contributed by atoms with van der Waals surface area (Å²) >= 11 is 0. The molecular weight excluding hydrogens is 260 g/mol. The highest BCUT2D eigenvalue weighted by atomic mass is 32.2. The van der Waals surface area contributed by atoms with E-state index >= 15 is 0 Å². The number of piperidine rings is 1. The standard InChI is InChI=1S/C14H28N2O2S/c1-11-7-12(2)9-16(8-11)14(10-15)6-4-5-13(14)19(3,17)18/h11-13H,4-10,15H2,1-3H3. The zero-order valence-electron chi connectivity index (χ0n) is 12.4. The first-order chi connectivity index (χ1) is 8.79. The summed E-state index contributed by atoms with van der Waals surface area (Å²) in [7, 11) is -3.03. The van der Waals surface area contributed by atoms with Gasteiger partial charge >= 0.3 is 0 Å². The summed E-state index contributed by atoms with van der Waals surface area (Å²) < 4.78 is 24.3. The highest BCUT2D eigenvalue weighted by Crippen LogP contribution is 2.41. The van der Waals surface area contributed by atoms with Crippen LogP contribution in [-0.4, -0.2) is 50.0 Å². The molecule has 1 heterocycles. The molecule has 4 nitrogen and oxygen atoms in total. The molecule has 0 amide bonds. The van der Waals surface area contributed by atoms with Crippen LogP contribution in [0.3, 0.4) is 0 Å². The monoisotopic (exact) mass is 288 g/mol. The number of hydrogen-bond acceptors (Lipinski definition) is 4. The van der Waals surface area contributed by atoms with Crippen LogP contribution >= 0.6 is 0 Å². The summed E-state index contributed by atoms with van der Waals surface area (Å²) in [6, 6.07) is 0. The molecule has 1 aliphatic heterocycles. The van der Waals surface area contributed by atoms with Gasteiger partial charge in [-0.3, -0.25) is 4.90 Å². The van der Waals surface area contributed by atoms with E-state index < -0.39 is 9.84 Å². The minimum absolute atomic E-state index is 0.275. The Balaban J connectivity index is 2.31. The molecule has 2 rings (SSSR count). The Morgan fingerprint density at radius 3 is 2.32 bits per heavy atom. The number of sulfone groups is 1. The van der Waals surface area contributed by atoms with Gasteiger partial charge in [-0.05, 0) is 31.1 Å². The van der Waals surface area contributed by atoms with Gasteiger partial charge in [0.25, 0.3) is 0 Å². The van der Waals surface area contributed by atoms with E-state index in [4.69, 9.17) is 5.73 Å². The van der Waals surface area contributed by atoms with Crippen LogP contribution in [0.1, 0.15) is 39.5 Å². The second-order valence-electron chi connectivity index (χ2n) is 6.87. The van der Waals surface area contributed by atoms with Crippen LogP contribution in [0.15, 0.2) is 0 Å². The molecule has 19 heavy (non-hydrogen) atoms. The van der Waals surface area contributed by atoms with Gasteiger partial charge < -0.3 is 5.73 Å². The Morgan fingerprint density at radius 1 is 1.26 bits per heavy atom. The van der Waals surface area contributed by atoms with Gasteiger partial charge in [-0.25, -0.2) is 8.42 Å². The van der Waals surface area contributed by atoms with E-state index in [0.29, 0.717) is 18.4 Å². The number of rotatable bonds is 3. The molecule has 1 saturated carbocycles. The fraction of sp³-hybridized carbons (Fsp3) is 1.00. The molecule has 0 aromatic rings. The summed E-state index contributed by atoms with van der Waals surface area (Å²) in [6.45, 7) is 6.97. The second-order valence-corrected chi connectivity index (χ2v) is 9.10. The van der Waals surface area contributed by atoms with Crippen molar-refractivity contribution in [3.8, 4) is 0 Å². The number of nitrogens with two attached hydrogens (primary N) is 1. The van der Waals surface area contributed by atoms with Crippen LogP contribution < -0.4 is 5.73 Å². The van der Waals surface area contributed by atoms with Gasteiger partial charge in [0.15, 0.2) is 9.84 Å². The number of likely N-dealkylation sites (tertiary alicyclic amines) is 1. The molecule has 5 heteroatoms. The van der Waals surface area contributed by atoms with Gasteiger partial charge in [0, 0.05) is 31.4 Å². The van der Waals surface area contributed by atoms with Crippen LogP contribution in [0.4, 0.5) is 0 Å². The Bertz CT molecular complexity index is 413. The van der Waals surface area contributed by atoms with Crippen molar-refractivity contribution in [2.45, 2.75) is 50.3 Å². The molecular formula is C14H28N2O2S. The predicted octanol–water partition coefficient (Wildman–Crippen LogP) is 1.26. The van der Waals surface area contributed by atoms with E-state index in [2.05, 4.69) is 18.7 Å². The summed E-state index contributed by atoms with van der Waals surface area (Å²) in [6.07, 6.45) is 5.30. The maximum absolute atomic E-state index is 12.1. The summed E-state index contributed by atoms with van der Waals surface area (Å²) in [5.41, 5.74) is 5.76. The van der Waals surface area contributed by atoms with Gasteiger partial charge in [0.05, 0.1) is 5.25 Å². The lowest BCUT2D eigenvalue weighted by molar-refractivity contribution is 0.0344. The SMILES string of the molecule is CC1CC(C)CN(C2(CN)CCCC2S(C)(=O)=O)C1. The maximum Gasteiger partial charge on any atom is 0.152 e. The van der Waals surface area contributed by atoms with Crippen LogP contribution in [0.5, 0.6) is 0 Å². The molecule has 0 spiro atoms. The minimum atomic E-state index is -3.03. The average molecular weight is 288 g/mol. The molecule has 0 aromatic heterocycles. The Kier molecular flexibility index (Phi) is 4.29. The minimum Gasteiger partial charge on any atom is -0.329 e. The summed E-state index contributed by atoms with van der Waals surface area (Å²) in [4.78, 5) is 2.41. The van der Waals surface area contributed by atoms with Crippen molar-refractivity contribution in [3.05, 3.63) is 0 Å². The Morgan fingerprint density at radius 2 is 1.84 bits per heavy atom. The highest BCUT2D eigenvalue weighted by molar-refractivity contribution is 7.91. The van der Waals surface area contributed by atoms with Crippen LogP contribution in [0.25, 0.3) is 0 Å². The van der Waals surface area contributed by atoms with Crippen molar-refractivity contribution in [1.82, 2.24) is 4.90 Å². The van der Waals surface area contributed by atoms with Crippen molar-refractivity contribution in [2.24, 2.45) is 17.6 Å². The molecule has 2 N–H and O–H groups in total. The smallest absolute Gasteiger partial charge is 0.152 e. The molecule has 0 radical (unpaired) electrons. The molecule has 0 aromatic carbocycles. The lowest BCUT2D eigenvalue weighted by Crippen LogP contribution is -2.63. The Hall–Kier alpha value is -0.130. The van der Waals surface area contributed by atoms with Crippen molar-refractivity contribution in [2.75, 3.05) is 25.9 Å². The van der Waals surface area contributed by atoms with Crippen molar-refractivity contribution in [1.29, 1.82) is 0 Å². The van der Waals surface area contributed by atoms with E-state index in [1.807, 2.05) is 0 Å². The zero-order chi connectivity index (χ0) is 14.3. The zero-order valence-corrected chi connectivity index (χ0v) is 13.2. The fourth-order valence-corrected chi connectivity index (χ4v) is 6.14. The van der Waals surface area contributed by atoms with E-state index in [0.717, 1.165) is 32.4 Å². The Labute approximate surface area is 117 Å². The van der Waals surface area contributed by atoms with Gasteiger partial charge in [-0.1, -0.05) is 20.3 Å². The molecule has 2 aliphatic rings. The average Bonchev–Trinajstić information content (AvgIpc) is 2.72. The normalized spacial score (nSPS) is 41.6. The van der Waals surface area contributed by atoms with Crippen molar-refractivity contribution in [3.63, 3.8) is 0 Å². The molecule has 4 atom stereocenters. The first-order valence-corrected chi connectivity index (χ1v) is 9.39. The second kappa shape index (κ2) is 5.34. The molecule has 1 saturated heterocycles. The lowest BCUT2D eigenvalue weighted by Gasteiger charge is -2.49. The van der Waals surface area contributed by atoms with Gasteiger partial charge in [0.1, 0.15) is 0 Å². The third kappa shape index (κ3) is 2.83. The summed E-state index contributed by atoms with van der Waals surface area (Å²) in [5.74, 6) is 1.26. The molecule has 1 aliphatic carbocycles. The van der Waals surface area contributed by atoms with E-state index in [1.165, 1.54) is 12.7 Å². The molecule has 2 fully saturated rings. The topological polar surface area (TPSA) is 63.4 Å². The van der Waals surface area contributed by atoms with Gasteiger partial charge in [-0.15, -0.1) is 0 Å². The molecule has 0 bridgehead atoms. The van der Waals surface area contributed by atoms with Crippen molar-refractivity contribution < 1.29 is 8.42 Å². The van der Waals surface area contributed by atoms with E-state index in [9.17, 15) is 8.42 Å². The summed E-state index contributed by atoms with van der Waals surface area (Å²) in [5, 5.41) is -0.275. The van der Waals surface area contributed by atoms with Gasteiger partial charge in [0.2, 0.25) is 0 Å². The number of nitrogens with zero attached hydrogens (tertiary/aromatic N) is 1. The van der Waals surface area contributed by atoms with Crippen molar-refractivity contribution >= 4 is 9.84 Å². The van der Waals surface area contributed by atoms with Crippen LogP contribution in [-0.2, 0) is 9.84 Å². The van der Waals surface area contributed by atoms with E-state index in [1.54, 1.807) is 0 Å². The number of hydrogen-bond donors (Lipinski definition) is 1. The highest BCUT2D eigenvalue weighted by Gasteiger charge is 2.51. The quantitative estimate of drug-likeness (QED) is 0.849. The van der Waals surface area contributed by atoms with Crippen LogP contribution in [0.2, 0.25) is 0 Å². The van der Waals surface area contributed by atoms with Crippen LogP contribution in [0, 0.1) is 11.8 Å². The fourth-order valence-electron chi connectivity index (χ4n) is 4.39. The predicted molar refractivity (Wildman–Crippen MR) is 78.8 cm³/mol. The van der Waals surface area contributed by atoms with E-state index in [-0.39, 0.29) is 10.8 Å². The first kappa shape index (κ1) is 15.3.